The summed E-state index contributed by atoms with van der Waals surface area (Å²) in [6.07, 6.45) is 0. The summed E-state index contributed by atoms with van der Waals surface area (Å²) in [6.45, 7) is 8.01. The SMILES string of the molecule is CN1CCOCC1.Cc1cccc(C)n1. The van der Waals surface area contributed by atoms with Crippen molar-refractivity contribution < 1.29 is 4.74 Å². The summed E-state index contributed by atoms with van der Waals surface area (Å²) >= 11 is 0. The third-order valence-corrected chi connectivity index (χ3v) is 2.26. The van der Waals surface area contributed by atoms with E-state index >= 15 is 0 Å². The average molecular weight is 208 g/mol. The summed E-state index contributed by atoms with van der Waals surface area (Å²) in [6, 6.07) is 6.00. The Bertz CT molecular complexity index is 265. The first kappa shape index (κ1) is 12.1. The van der Waals surface area contributed by atoms with Crippen LogP contribution in [0.3, 0.4) is 0 Å². The molecule has 1 aliphatic heterocycles. The van der Waals surface area contributed by atoms with Gasteiger partial charge < -0.3 is 9.64 Å². The number of nitrogens with zero attached hydrogens (tertiary/aromatic N) is 2. The maximum Gasteiger partial charge on any atom is 0.0594 e. The Morgan fingerprint density at radius 1 is 1.13 bits per heavy atom. The Labute approximate surface area is 92.1 Å². The van der Waals surface area contributed by atoms with Crippen molar-refractivity contribution in [1.82, 2.24) is 9.88 Å². The quantitative estimate of drug-likeness (QED) is 0.648. The van der Waals surface area contributed by atoms with Gasteiger partial charge in [0, 0.05) is 24.5 Å². The summed E-state index contributed by atoms with van der Waals surface area (Å²) < 4.78 is 5.10. The van der Waals surface area contributed by atoms with E-state index in [4.69, 9.17) is 4.74 Å². The first-order valence-corrected chi connectivity index (χ1v) is 5.35. The molecule has 0 bridgehead atoms. The number of ether oxygens (including phenoxy) is 1. The fraction of sp³-hybridized carbons (Fsp3) is 0.583. The normalized spacial score (nSPS) is 16.7. The molecular weight excluding hydrogens is 188 g/mol. The molecule has 1 saturated heterocycles. The van der Waals surface area contributed by atoms with Crippen molar-refractivity contribution in [2.45, 2.75) is 13.8 Å². The number of pyridine rings is 1. The molecule has 3 heteroatoms. The number of aryl methyl sites for hydroxylation is 2. The highest BCUT2D eigenvalue weighted by molar-refractivity contribution is 5.07. The lowest BCUT2D eigenvalue weighted by atomic mass is 10.3. The predicted octanol–water partition coefficient (Wildman–Crippen LogP) is 1.65. The highest BCUT2D eigenvalue weighted by Gasteiger charge is 2.02. The van der Waals surface area contributed by atoms with Crippen molar-refractivity contribution in [3.63, 3.8) is 0 Å². The fourth-order valence-corrected chi connectivity index (χ4v) is 1.33. The van der Waals surface area contributed by atoms with Gasteiger partial charge in [0.15, 0.2) is 0 Å². The lowest BCUT2D eigenvalue weighted by molar-refractivity contribution is 0.0503. The molecule has 0 aliphatic carbocycles. The van der Waals surface area contributed by atoms with Gasteiger partial charge in [-0.15, -0.1) is 0 Å². The second-order valence-electron chi connectivity index (χ2n) is 3.84. The van der Waals surface area contributed by atoms with Gasteiger partial charge >= 0.3 is 0 Å². The molecule has 0 unspecified atom stereocenters. The average Bonchev–Trinajstić information content (AvgIpc) is 2.19. The van der Waals surface area contributed by atoms with Gasteiger partial charge in [-0.25, -0.2) is 0 Å². The van der Waals surface area contributed by atoms with Crippen molar-refractivity contribution >= 4 is 0 Å². The van der Waals surface area contributed by atoms with E-state index in [-0.39, 0.29) is 0 Å². The Kier molecular flexibility index (Phi) is 5.29. The van der Waals surface area contributed by atoms with Crippen LogP contribution in [0.4, 0.5) is 0 Å². The summed E-state index contributed by atoms with van der Waals surface area (Å²) in [5, 5.41) is 0. The molecule has 0 atom stereocenters. The second kappa shape index (κ2) is 6.53. The number of hydrogen-bond acceptors (Lipinski definition) is 3. The Morgan fingerprint density at radius 2 is 1.67 bits per heavy atom. The van der Waals surface area contributed by atoms with Crippen LogP contribution in [0.15, 0.2) is 18.2 Å². The smallest absolute Gasteiger partial charge is 0.0594 e. The molecule has 84 valence electrons. The van der Waals surface area contributed by atoms with Crippen molar-refractivity contribution in [2.75, 3.05) is 33.4 Å². The molecule has 0 spiro atoms. The molecule has 0 saturated carbocycles. The van der Waals surface area contributed by atoms with E-state index in [0.29, 0.717) is 0 Å². The molecule has 3 nitrogen and oxygen atoms in total. The third kappa shape index (κ3) is 5.50. The minimum atomic E-state index is 0.913. The van der Waals surface area contributed by atoms with E-state index < -0.39 is 0 Å². The number of aromatic nitrogens is 1. The Morgan fingerprint density at radius 3 is 1.93 bits per heavy atom. The van der Waals surface area contributed by atoms with E-state index in [1.807, 2.05) is 32.0 Å². The van der Waals surface area contributed by atoms with Crippen molar-refractivity contribution in [2.24, 2.45) is 0 Å². The molecule has 1 aliphatic rings. The molecule has 1 aromatic rings. The van der Waals surface area contributed by atoms with Gasteiger partial charge in [0.2, 0.25) is 0 Å². The molecule has 15 heavy (non-hydrogen) atoms. The fourth-order valence-electron chi connectivity index (χ4n) is 1.33. The van der Waals surface area contributed by atoms with Crippen molar-refractivity contribution in [1.29, 1.82) is 0 Å². The molecule has 1 aromatic heterocycles. The standard InChI is InChI=1S/C7H9N.C5H11NO/c1-6-4-3-5-7(2)8-6;1-6-2-4-7-5-3-6/h3-5H,1-2H3;2-5H2,1H3. The zero-order valence-electron chi connectivity index (χ0n) is 9.86. The van der Waals surface area contributed by atoms with Gasteiger partial charge in [0.1, 0.15) is 0 Å². The van der Waals surface area contributed by atoms with Crippen LogP contribution in [0.1, 0.15) is 11.4 Å². The van der Waals surface area contributed by atoms with E-state index in [9.17, 15) is 0 Å². The first-order chi connectivity index (χ1) is 7.18. The second-order valence-corrected chi connectivity index (χ2v) is 3.84. The zero-order valence-corrected chi connectivity index (χ0v) is 9.86. The van der Waals surface area contributed by atoms with Gasteiger partial charge in [-0.1, -0.05) is 6.07 Å². The topological polar surface area (TPSA) is 25.4 Å². The monoisotopic (exact) mass is 208 g/mol. The van der Waals surface area contributed by atoms with Crippen LogP contribution < -0.4 is 0 Å². The largest absolute Gasteiger partial charge is 0.379 e. The molecule has 0 amide bonds. The summed E-state index contributed by atoms with van der Waals surface area (Å²) in [4.78, 5) is 6.44. The number of hydrogen-bond donors (Lipinski definition) is 0. The lowest BCUT2D eigenvalue weighted by Gasteiger charge is -2.21. The first-order valence-electron chi connectivity index (χ1n) is 5.35. The number of morpholine rings is 1. The molecule has 2 heterocycles. The number of likely N-dealkylation sites (N-methyl/N-ethyl adjacent to an activating group) is 1. The Balaban J connectivity index is 0.000000151. The van der Waals surface area contributed by atoms with Gasteiger partial charge in [0.05, 0.1) is 13.2 Å². The number of rotatable bonds is 0. The van der Waals surface area contributed by atoms with Crippen molar-refractivity contribution in [3.8, 4) is 0 Å². The van der Waals surface area contributed by atoms with Crippen LogP contribution in [0, 0.1) is 13.8 Å². The molecule has 1 fully saturated rings. The van der Waals surface area contributed by atoms with Crippen LogP contribution >= 0.6 is 0 Å². The van der Waals surface area contributed by atoms with Crippen LogP contribution in [0.2, 0.25) is 0 Å². The van der Waals surface area contributed by atoms with Crippen LogP contribution in [-0.4, -0.2) is 43.2 Å². The zero-order chi connectivity index (χ0) is 11.1. The lowest BCUT2D eigenvalue weighted by Crippen LogP contribution is -2.32. The Hall–Kier alpha value is -0.930. The third-order valence-electron chi connectivity index (χ3n) is 2.26. The highest BCUT2D eigenvalue weighted by Crippen LogP contribution is 1.93. The summed E-state index contributed by atoms with van der Waals surface area (Å²) in [5.74, 6) is 0. The van der Waals surface area contributed by atoms with Gasteiger partial charge in [-0.2, -0.15) is 0 Å². The van der Waals surface area contributed by atoms with Crippen molar-refractivity contribution in [3.05, 3.63) is 29.6 Å². The summed E-state index contributed by atoms with van der Waals surface area (Å²) in [5.41, 5.74) is 2.18. The van der Waals surface area contributed by atoms with Crippen LogP contribution in [-0.2, 0) is 4.74 Å². The molecule has 0 radical (unpaired) electrons. The summed E-state index contributed by atoms with van der Waals surface area (Å²) in [7, 11) is 2.11. The van der Waals surface area contributed by atoms with Gasteiger partial charge in [-0.3, -0.25) is 4.98 Å². The van der Waals surface area contributed by atoms with Crippen LogP contribution in [0.5, 0.6) is 0 Å². The van der Waals surface area contributed by atoms with Gasteiger partial charge in [-0.05, 0) is 33.0 Å². The molecule has 0 aromatic carbocycles. The molecule has 2 rings (SSSR count). The molecular formula is C12H20N2O. The van der Waals surface area contributed by atoms with E-state index in [1.54, 1.807) is 0 Å². The minimum absolute atomic E-state index is 0.913. The van der Waals surface area contributed by atoms with E-state index in [0.717, 1.165) is 37.7 Å². The van der Waals surface area contributed by atoms with E-state index in [1.165, 1.54) is 0 Å². The maximum absolute atomic E-state index is 5.10. The predicted molar refractivity (Wildman–Crippen MR) is 62.0 cm³/mol. The van der Waals surface area contributed by atoms with E-state index in [2.05, 4.69) is 16.9 Å². The maximum atomic E-state index is 5.10. The van der Waals surface area contributed by atoms with Crippen LogP contribution in [0.25, 0.3) is 0 Å². The minimum Gasteiger partial charge on any atom is -0.379 e. The molecule has 0 N–H and O–H groups in total. The highest BCUT2D eigenvalue weighted by atomic mass is 16.5. The van der Waals surface area contributed by atoms with Gasteiger partial charge in [0.25, 0.3) is 0 Å².